The van der Waals surface area contributed by atoms with Gasteiger partial charge in [-0.1, -0.05) is 5.46 Å². The topological polar surface area (TPSA) is 17.8 Å². The van der Waals surface area contributed by atoms with E-state index in [1.807, 2.05) is 0 Å². The zero-order valence-electron chi connectivity index (χ0n) is 6.60. The molecule has 0 unspecified atom stereocenters. The van der Waals surface area contributed by atoms with Crippen LogP contribution in [0.2, 0.25) is 0 Å². The molecule has 1 rings (SSSR count). The van der Waals surface area contributed by atoms with E-state index in [4.69, 9.17) is 0 Å². The Labute approximate surface area is 74.6 Å². The Hall–Kier alpha value is -1.15. The lowest BCUT2D eigenvalue weighted by Crippen LogP contribution is -2.33. The summed E-state index contributed by atoms with van der Waals surface area (Å²) in [7, 11) is 0. The molecular formula is C5H4BF6N2-. The molecule has 0 spiro atoms. The first-order chi connectivity index (χ1) is 6.18. The minimum Gasteiger partial charge on any atom is -0.445 e. The monoisotopic (exact) mass is 217 g/mol. The van der Waals surface area contributed by atoms with Gasteiger partial charge in [-0.2, -0.15) is 18.3 Å². The van der Waals surface area contributed by atoms with Gasteiger partial charge in [-0.05, 0) is 6.20 Å². The average Bonchev–Trinajstić information content (AvgIpc) is 2.29. The molecule has 0 fully saturated rings. The first-order valence-electron chi connectivity index (χ1n) is 3.47. The van der Waals surface area contributed by atoms with Crippen molar-refractivity contribution in [2.45, 2.75) is 12.7 Å². The number of hydrogen-bond acceptors (Lipinski definition) is 1. The summed E-state index contributed by atoms with van der Waals surface area (Å²) in [5.41, 5.74) is -1.13. The number of aromatic nitrogens is 2. The van der Waals surface area contributed by atoms with E-state index in [2.05, 4.69) is 5.10 Å². The van der Waals surface area contributed by atoms with Gasteiger partial charge in [-0.25, -0.2) is 0 Å². The van der Waals surface area contributed by atoms with Crippen molar-refractivity contribution >= 4 is 12.4 Å². The zero-order valence-corrected chi connectivity index (χ0v) is 6.60. The predicted molar refractivity (Wildman–Crippen MR) is 37.0 cm³/mol. The maximum Gasteiger partial charge on any atom is 0.512 e. The summed E-state index contributed by atoms with van der Waals surface area (Å²) in [6.45, 7) is -6.80. The lowest BCUT2D eigenvalue weighted by atomic mass is 9.83. The molecule has 0 saturated heterocycles. The highest BCUT2D eigenvalue weighted by molar-refractivity contribution is 6.73. The molecule has 0 atom stereocenters. The third-order valence-corrected chi connectivity index (χ3v) is 1.37. The van der Waals surface area contributed by atoms with Gasteiger partial charge in [0.1, 0.15) is 6.54 Å². The van der Waals surface area contributed by atoms with Gasteiger partial charge in [0.25, 0.3) is 0 Å². The van der Waals surface area contributed by atoms with Crippen molar-refractivity contribution in [3.05, 3.63) is 12.4 Å². The van der Waals surface area contributed by atoms with Crippen molar-refractivity contribution in [1.29, 1.82) is 0 Å². The predicted octanol–water partition coefficient (Wildman–Crippen LogP) is 1.50. The summed E-state index contributed by atoms with van der Waals surface area (Å²) in [6, 6.07) is 0. The highest BCUT2D eigenvalue weighted by Crippen LogP contribution is 2.17. The van der Waals surface area contributed by atoms with Crippen LogP contribution in [0, 0.1) is 0 Å². The van der Waals surface area contributed by atoms with Gasteiger partial charge >= 0.3 is 13.2 Å². The van der Waals surface area contributed by atoms with Crippen LogP contribution in [0.5, 0.6) is 0 Å². The number of alkyl halides is 3. The fourth-order valence-corrected chi connectivity index (χ4v) is 0.819. The Morgan fingerprint density at radius 2 is 1.86 bits per heavy atom. The second kappa shape index (κ2) is 3.21. The van der Waals surface area contributed by atoms with Crippen LogP contribution in [0.3, 0.4) is 0 Å². The van der Waals surface area contributed by atoms with Crippen LogP contribution in [0.25, 0.3) is 0 Å². The van der Waals surface area contributed by atoms with Crippen LogP contribution in [-0.4, -0.2) is 22.9 Å². The molecule has 80 valence electrons. The summed E-state index contributed by atoms with van der Waals surface area (Å²) in [6.07, 6.45) is -3.85. The van der Waals surface area contributed by atoms with Crippen molar-refractivity contribution in [1.82, 2.24) is 9.78 Å². The van der Waals surface area contributed by atoms with E-state index in [0.29, 0.717) is 12.4 Å². The second-order valence-corrected chi connectivity index (χ2v) is 2.66. The minimum atomic E-state index is -5.28. The molecule has 0 aliphatic rings. The zero-order chi connectivity index (χ0) is 11.0. The molecule has 2 nitrogen and oxygen atoms in total. The maximum atomic E-state index is 12.0. The summed E-state index contributed by atoms with van der Waals surface area (Å²) >= 11 is 0. The highest BCUT2D eigenvalue weighted by atomic mass is 19.4. The molecule has 1 aromatic heterocycles. The number of nitrogens with zero attached hydrogens (tertiary/aromatic N) is 2. The normalized spacial score (nSPS) is 13.3. The number of halogens is 6. The quantitative estimate of drug-likeness (QED) is 0.542. The maximum absolute atomic E-state index is 12.0. The second-order valence-electron chi connectivity index (χ2n) is 2.66. The van der Waals surface area contributed by atoms with Crippen molar-refractivity contribution < 1.29 is 26.1 Å². The molecule has 0 aliphatic heterocycles. The van der Waals surface area contributed by atoms with Crippen molar-refractivity contribution in [2.75, 3.05) is 0 Å². The fraction of sp³-hybridized carbons (Fsp3) is 0.400. The fourth-order valence-electron chi connectivity index (χ4n) is 0.819. The summed E-state index contributed by atoms with van der Waals surface area (Å²) in [5.74, 6) is 0. The summed E-state index contributed by atoms with van der Waals surface area (Å²) in [4.78, 5) is 0. The van der Waals surface area contributed by atoms with Crippen LogP contribution < -0.4 is 5.46 Å². The Balaban J connectivity index is 2.79. The molecule has 0 aliphatic carbocycles. The van der Waals surface area contributed by atoms with Crippen LogP contribution >= 0.6 is 0 Å². The van der Waals surface area contributed by atoms with Gasteiger partial charge in [0.15, 0.2) is 0 Å². The summed E-state index contributed by atoms with van der Waals surface area (Å²) < 4.78 is 71.2. The molecule has 0 bridgehead atoms. The van der Waals surface area contributed by atoms with Gasteiger partial charge in [0, 0.05) is 6.20 Å². The van der Waals surface area contributed by atoms with E-state index >= 15 is 0 Å². The lowest BCUT2D eigenvalue weighted by Gasteiger charge is -2.10. The van der Waals surface area contributed by atoms with Gasteiger partial charge in [0.2, 0.25) is 0 Å². The smallest absolute Gasteiger partial charge is 0.445 e. The van der Waals surface area contributed by atoms with E-state index in [1.165, 1.54) is 0 Å². The van der Waals surface area contributed by atoms with Crippen molar-refractivity contribution in [3.63, 3.8) is 0 Å². The van der Waals surface area contributed by atoms with Crippen molar-refractivity contribution in [2.24, 2.45) is 0 Å². The molecule has 0 radical (unpaired) electrons. The molecule has 0 aromatic carbocycles. The first kappa shape index (κ1) is 10.9. The van der Waals surface area contributed by atoms with Crippen molar-refractivity contribution in [3.8, 4) is 0 Å². The van der Waals surface area contributed by atoms with Gasteiger partial charge in [-0.15, -0.1) is 0 Å². The Morgan fingerprint density at radius 1 is 1.29 bits per heavy atom. The van der Waals surface area contributed by atoms with E-state index in [9.17, 15) is 26.1 Å². The van der Waals surface area contributed by atoms with Crippen LogP contribution in [0.15, 0.2) is 12.4 Å². The minimum absolute atomic E-state index is 0.213. The molecule has 0 amide bonds. The van der Waals surface area contributed by atoms with Gasteiger partial charge in [-0.3, -0.25) is 4.68 Å². The Morgan fingerprint density at radius 3 is 2.21 bits per heavy atom. The largest absolute Gasteiger partial charge is 0.512 e. The van der Waals surface area contributed by atoms with Gasteiger partial charge in [0.05, 0.1) is 0 Å². The van der Waals surface area contributed by atoms with E-state index < -0.39 is 25.2 Å². The SMILES string of the molecule is F[B-](F)(F)c1cnn(CC(F)(F)F)c1. The van der Waals surface area contributed by atoms with E-state index in [-0.39, 0.29) is 4.68 Å². The van der Waals surface area contributed by atoms with Crippen LogP contribution in [0.4, 0.5) is 26.1 Å². The summed E-state index contributed by atoms with van der Waals surface area (Å²) in [5, 5.41) is 2.96. The molecule has 0 N–H and O–H groups in total. The molecular weight excluding hydrogens is 213 g/mol. The lowest BCUT2D eigenvalue weighted by molar-refractivity contribution is -0.142. The molecule has 1 heterocycles. The first-order valence-corrected chi connectivity index (χ1v) is 3.47. The third kappa shape index (κ3) is 2.97. The third-order valence-electron chi connectivity index (χ3n) is 1.37. The Kier molecular flexibility index (Phi) is 2.51. The molecule has 1 aromatic rings. The number of rotatable bonds is 2. The number of hydrogen-bond donors (Lipinski definition) is 0. The average molecular weight is 217 g/mol. The molecule has 9 heteroatoms. The highest BCUT2D eigenvalue weighted by Gasteiger charge is 2.31. The van der Waals surface area contributed by atoms with Gasteiger partial charge < -0.3 is 12.9 Å². The van der Waals surface area contributed by atoms with E-state index in [0.717, 1.165) is 0 Å². The standard InChI is InChI=1S/C5H4BF6N2/c7-5(8,9)3-14-2-4(1-13-14)6(10,11)12/h1-2H,3H2/q-1. The van der Waals surface area contributed by atoms with Crippen LogP contribution in [-0.2, 0) is 6.54 Å². The Bertz CT molecular complexity index is 313. The van der Waals surface area contributed by atoms with E-state index in [1.54, 1.807) is 0 Å². The van der Waals surface area contributed by atoms with Crippen LogP contribution in [0.1, 0.15) is 0 Å². The molecule has 0 saturated carbocycles. The molecule has 14 heavy (non-hydrogen) atoms.